The van der Waals surface area contributed by atoms with Crippen LogP contribution in [0.25, 0.3) is 0 Å². The molecule has 0 amide bonds. The Morgan fingerprint density at radius 1 is 1.33 bits per heavy atom. The molecule has 21 heavy (non-hydrogen) atoms. The van der Waals surface area contributed by atoms with Crippen molar-refractivity contribution >= 4 is 18.1 Å². The number of nitrogens with zero attached hydrogens (tertiary/aromatic N) is 3. The van der Waals surface area contributed by atoms with Gasteiger partial charge in [-0.25, -0.2) is 9.79 Å². The van der Waals surface area contributed by atoms with E-state index in [-0.39, 0.29) is 5.97 Å². The van der Waals surface area contributed by atoms with Gasteiger partial charge in [0.05, 0.1) is 6.61 Å². The van der Waals surface area contributed by atoms with Crippen molar-refractivity contribution in [3.8, 4) is 0 Å². The largest absolute Gasteiger partial charge is 0.463 e. The molecule has 0 radical (unpaired) electrons. The van der Waals surface area contributed by atoms with E-state index < -0.39 is 0 Å². The number of piperidine rings is 1. The van der Waals surface area contributed by atoms with Crippen LogP contribution in [0.1, 0.15) is 39.5 Å². The molecule has 1 rings (SSSR count). The van der Waals surface area contributed by atoms with E-state index in [4.69, 9.17) is 4.74 Å². The molecule has 0 unspecified atom stereocenters. The fourth-order valence-corrected chi connectivity index (χ4v) is 2.25. The van der Waals surface area contributed by atoms with E-state index in [0.29, 0.717) is 12.5 Å². The Hall–Kier alpha value is -1.65. The molecule has 0 bridgehead atoms. The average molecular weight is 293 g/mol. The number of hydrogen-bond donors (Lipinski definition) is 0. The highest BCUT2D eigenvalue weighted by Crippen LogP contribution is 2.19. The van der Waals surface area contributed by atoms with Gasteiger partial charge in [0.1, 0.15) is 0 Å². The molecule has 1 saturated heterocycles. The van der Waals surface area contributed by atoms with Crippen LogP contribution in [0.15, 0.2) is 22.1 Å². The van der Waals surface area contributed by atoms with Crippen LogP contribution in [0.4, 0.5) is 0 Å². The summed E-state index contributed by atoms with van der Waals surface area (Å²) in [5.41, 5.74) is 0. The Morgan fingerprint density at radius 3 is 2.62 bits per heavy atom. The highest BCUT2D eigenvalue weighted by atomic mass is 16.5. The maximum atomic E-state index is 11.3. The topological polar surface area (TPSA) is 54.3 Å². The van der Waals surface area contributed by atoms with Gasteiger partial charge < -0.3 is 9.64 Å². The van der Waals surface area contributed by atoms with E-state index in [1.807, 2.05) is 19.2 Å². The van der Waals surface area contributed by atoms with Crippen LogP contribution < -0.4 is 0 Å². The van der Waals surface area contributed by atoms with Crippen LogP contribution in [-0.2, 0) is 9.53 Å². The van der Waals surface area contributed by atoms with Crippen molar-refractivity contribution in [3.05, 3.63) is 12.2 Å². The third-order valence-electron chi connectivity index (χ3n) is 3.44. The average Bonchev–Trinajstić information content (AvgIpc) is 2.51. The summed E-state index contributed by atoms with van der Waals surface area (Å²) in [6.07, 6.45) is 9.57. The van der Waals surface area contributed by atoms with Gasteiger partial charge in [0.25, 0.3) is 0 Å². The summed E-state index contributed by atoms with van der Waals surface area (Å²) in [7, 11) is 1.78. The van der Waals surface area contributed by atoms with Crippen LogP contribution in [0.2, 0.25) is 0 Å². The molecule has 118 valence electrons. The monoisotopic (exact) mass is 293 g/mol. The van der Waals surface area contributed by atoms with E-state index in [1.165, 1.54) is 0 Å². The van der Waals surface area contributed by atoms with Crippen LogP contribution in [-0.4, -0.2) is 49.8 Å². The first-order valence-electron chi connectivity index (χ1n) is 7.80. The Morgan fingerprint density at radius 2 is 2.05 bits per heavy atom. The Balaban J connectivity index is 2.42. The van der Waals surface area contributed by atoms with Crippen LogP contribution in [0, 0.1) is 5.92 Å². The third-order valence-corrected chi connectivity index (χ3v) is 3.44. The second-order valence-electron chi connectivity index (χ2n) is 5.06. The van der Waals surface area contributed by atoms with Crippen molar-refractivity contribution in [1.82, 2.24) is 4.90 Å². The summed E-state index contributed by atoms with van der Waals surface area (Å²) in [6, 6.07) is 0. The SMILES string of the molecule is CCCC=NC(=NC)N1CCC(/C=C/C(=O)OCC)CC1. The number of carbonyl (C=O) groups excluding carboxylic acids is 1. The molecule has 0 N–H and O–H groups in total. The number of aliphatic imine (C=N–C) groups is 2. The molecule has 0 aliphatic carbocycles. The van der Waals surface area contributed by atoms with Crippen molar-refractivity contribution in [3.63, 3.8) is 0 Å². The lowest BCUT2D eigenvalue weighted by Crippen LogP contribution is -2.37. The predicted octanol–water partition coefficient (Wildman–Crippen LogP) is 2.67. The molecule has 0 saturated carbocycles. The molecule has 1 heterocycles. The van der Waals surface area contributed by atoms with Crippen molar-refractivity contribution in [2.24, 2.45) is 15.9 Å². The molecule has 5 heteroatoms. The van der Waals surface area contributed by atoms with Gasteiger partial charge >= 0.3 is 5.97 Å². The lowest BCUT2D eigenvalue weighted by atomic mass is 9.96. The fraction of sp³-hybridized carbons (Fsp3) is 0.688. The molecule has 0 aromatic rings. The van der Waals surface area contributed by atoms with Crippen LogP contribution in [0.3, 0.4) is 0 Å². The molecule has 1 fully saturated rings. The zero-order chi connectivity index (χ0) is 15.5. The second-order valence-corrected chi connectivity index (χ2v) is 5.06. The number of carbonyl (C=O) groups is 1. The molecule has 1 aliphatic rings. The minimum atomic E-state index is -0.250. The van der Waals surface area contributed by atoms with Crippen LogP contribution in [0.5, 0.6) is 0 Å². The normalized spacial score (nSPS) is 17.9. The van der Waals surface area contributed by atoms with Gasteiger partial charge in [0.15, 0.2) is 0 Å². The molecule has 5 nitrogen and oxygen atoms in total. The molecule has 0 aromatic carbocycles. The predicted molar refractivity (Wildman–Crippen MR) is 86.8 cm³/mol. The number of rotatable bonds is 5. The molecule has 0 spiro atoms. The lowest BCUT2D eigenvalue weighted by molar-refractivity contribution is -0.137. The minimum Gasteiger partial charge on any atom is -0.463 e. The number of allylic oxidation sites excluding steroid dienone is 1. The number of unbranched alkanes of at least 4 members (excludes halogenated alkanes) is 1. The minimum absolute atomic E-state index is 0.250. The Kier molecular flexibility index (Phi) is 8.40. The van der Waals surface area contributed by atoms with Crippen molar-refractivity contribution in [1.29, 1.82) is 0 Å². The highest BCUT2D eigenvalue weighted by molar-refractivity contribution is 5.87. The first kappa shape index (κ1) is 17.4. The molecule has 0 atom stereocenters. The standard InChI is InChI=1S/C16H27N3O2/c1-4-6-11-18-16(17-3)19-12-9-14(10-13-19)7-8-15(20)21-5-2/h7-8,11,14H,4-6,9-10,12-13H2,1-3H3/b8-7+,17-16?,18-11?. The van der Waals surface area contributed by atoms with Gasteiger partial charge in [-0.1, -0.05) is 19.4 Å². The summed E-state index contributed by atoms with van der Waals surface area (Å²) >= 11 is 0. The van der Waals surface area contributed by atoms with Crippen molar-refractivity contribution < 1.29 is 9.53 Å². The lowest BCUT2D eigenvalue weighted by Gasteiger charge is -2.31. The number of guanidine groups is 1. The maximum absolute atomic E-state index is 11.3. The molecular formula is C16H27N3O2. The van der Waals surface area contributed by atoms with Gasteiger partial charge in [-0.3, -0.25) is 4.99 Å². The third kappa shape index (κ3) is 6.56. The summed E-state index contributed by atoms with van der Waals surface area (Å²) in [6.45, 7) is 6.22. The first-order valence-corrected chi connectivity index (χ1v) is 7.80. The summed E-state index contributed by atoms with van der Waals surface area (Å²) in [5, 5.41) is 0. The number of likely N-dealkylation sites (tertiary alicyclic amines) is 1. The summed E-state index contributed by atoms with van der Waals surface area (Å²) < 4.78 is 4.89. The smallest absolute Gasteiger partial charge is 0.330 e. The Labute approximate surface area is 127 Å². The van der Waals surface area contributed by atoms with Crippen molar-refractivity contribution in [2.75, 3.05) is 26.7 Å². The molecule has 1 aliphatic heterocycles. The Bertz CT molecular complexity index is 394. The maximum Gasteiger partial charge on any atom is 0.330 e. The van der Waals surface area contributed by atoms with E-state index >= 15 is 0 Å². The zero-order valence-electron chi connectivity index (χ0n) is 13.4. The number of hydrogen-bond acceptors (Lipinski definition) is 3. The van der Waals surface area contributed by atoms with Gasteiger partial charge in [0.2, 0.25) is 5.96 Å². The molecular weight excluding hydrogens is 266 g/mol. The van der Waals surface area contributed by atoms with Gasteiger partial charge in [-0.15, -0.1) is 0 Å². The van der Waals surface area contributed by atoms with E-state index in [2.05, 4.69) is 21.8 Å². The van der Waals surface area contributed by atoms with E-state index in [0.717, 1.165) is 44.7 Å². The second kappa shape index (κ2) is 10.1. The van der Waals surface area contributed by atoms with Gasteiger partial charge in [-0.05, 0) is 32.1 Å². The number of ether oxygens (including phenoxy) is 1. The zero-order valence-corrected chi connectivity index (χ0v) is 13.4. The van der Waals surface area contributed by atoms with Gasteiger partial charge in [0, 0.05) is 32.4 Å². The van der Waals surface area contributed by atoms with Crippen molar-refractivity contribution in [2.45, 2.75) is 39.5 Å². The highest BCUT2D eigenvalue weighted by Gasteiger charge is 2.19. The summed E-state index contributed by atoms with van der Waals surface area (Å²) in [5.74, 6) is 1.000. The van der Waals surface area contributed by atoms with E-state index in [1.54, 1.807) is 13.1 Å². The summed E-state index contributed by atoms with van der Waals surface area (Å²) in [4.78, 5) is 22.2. The quantitative estimate of drug-likeness (QED) is 0.339. The van der Waals surface area contributed by atoms with E-state index in [9.17, 15) is 4.79 Å². The number of esters is 1. The van der Waals surface area contributed by atoms with Gasteiger partial charge in [-0.2, -0.15) is 0 Å². The first-order chi connectivity index (χ1) is 10.2. The van der Waals surface area contributed by atoms with Crippen LogP contribution >= 0.6 is 0 Å². The fourth-order valence-electron chi connectivity index (χ4n) is 2.25. The molecule has 0 aromatic heterocycles.